The van der Waals surface area contributed by atoms with Gasteiger partial charge in [-0.3, -0.25) is 9.59 Å². The maximum absolute atomic E-state index is 11.1. The second kappa shape index (κ2) is 7.27. The van der Waals surface area contributed by atoms with E-state index >= 15 is 0 Å². The third-order valence-electron chi connectivity index (χ3n) is 2.99. The molecule has 1 rings (SSSR count). The van der Waals surface area contributed by atoms with Crippen LogP contribution in [0.2, 0.25) is 0 Å². The minimum absolute atomic E-state index is 0.0460. The number of amides is 1. The number of ether oxygens (including phenoxy) is 1. The molecule has 2 atom stereocenters. The molecule has 1 aliphatic rings. The SMILES string of the molecule is CC(=O)NC(CCC(=O)O)CC1CCCOC1. The van der Waals surface area contributed by atoms with Crippen LogP contribution in [0, 0.1) is 5.92 Å². The van der Waals surface area contributed by atoms with Crippen molar-refractivity contribution in [2.75, 3.05) is 13.2 Å². The van der Waals surface area contributed by atoms with Crippen molar-refractivity contribution in [3.05, 3.63) is 0 Å². The molecule has 2 unspecified atom stereocenters. The summed E-state index contributed by atoms with van der Waals surface area (Å²) in [6.45, 7) is 3.00. The Morgan fingerprint density at radius 2 is 2.29 bits per heavy atom. The van der Waals surface area contributed by atoms with Gasteiger partial charge in [0, 0.05) is 32.6 Å². The topological polar surface area (TPSA) is 75.6 Å². The number of aliphatic carboxylic acids is 1. The number of carboxylic acid groups (broad SMARTS) is 1. The fourth-order valence-electron chi connectivity index (χ4n) is 2.23. The molecule has 1 aliphatic heterocycles. The van der Waals surface area contributed by atoms with E-state index in [1.807, 2.05) is 0 Å². The van der Waals surface area contributed by atoms with Crippen molar-refractivity contribution in [1.82, 2.24) is 5.32 Å². The Labute approximate surface area is 102 Å². The average Bonchev–Trinajstić information content (AvgIpc) is 2.26. The van der Waals surface area contributed by atoms with Gasteiger partial charge in [0.05, 0.1) is 0 Å². The molecule has 1 fully saturated rings. The summed E-state index contributed by atoms with van der Waals surface area (Å²) in [5, 5.41) is 11.5. The highest BCUT2D eigenvalue weighted by Crippen LogP contribution is 2.20. The second-order valence-corrected chi connectivity index (χ2v) is 4.65. The Balaban J connectivity index is 2.37. The molecule has 17 heavy (non-hydrogen) atoms. The van der Waals surface area contributed by atoms with Crippen LogP contribution < -0.4 is 5.32 Å². The van der Waals surface area contributed by atoms with Gasteiger partial charge in [-0.2, -0.15) is 0 Å². The quantitative estimate of drug-likeness (QED) is 0.734. The third-order valence-corrected chi connectivity index (χ3v) is 2.99. The number of hydrogen-bond donors (Lipinski definition) is 2. The van der Waals surface area contributed by atoms with E-state index in [4.69, 9.17) is 9.84 Å². The maximum atomic E-state index is 11.1. The maximum Gasteiger partial charge on any atom is 0.303 e. The molecule has 0 aromatic carbocycles. The molecule has 0 radical (unpaired) electrons. The van der Waals surface area contributed by atoms with Crippen molar-refractivity contribution >= 4 is 11.9 Å². The van der Waals surface area contributed by atoms with Gasteiger partial charge < -0.3 is 15.2 Å². The fourth-order valence-corrected chi connectivity index (χ4v) is 2.23. The normalized spacial score (nSPS) is 21.8. The molecular formula is C12H21NO4. The molecule has 1 amide bonds. The van der Waals surface area contributed by atoms with Crippen molar-refractivity contribution < 1.29 is 19.4 Å². The van der Waals surface area contributed by atoms with E-state index in [0.29, 0.717) is 12.3 Å². The van der Waals surface area contributed by atoms with E-state index in [-0.39, 0.29) is 18.4 Å². The monoisotopic (exact) mass is 243 g/mol. The van der Waals surface area contributed by atoms with Gasteiger partial charge in [0.1, 0.15) is 0 Å². The Kier molecular flexibility index (Phi) is 5.97. The summed E-state index contributed by atoms with van der Waals surface area (Å²) in [6.07, 6.45) is 3.55. The van der Waals surface area contributed by atoms with Crippen LogP contribution in [-0.2, 0) is 14.3 Å². The third kappa shape index (κ3) is 6.26. The summed E-state index contributed by atoms with van der Waals surface area (Å²) in [7, 11) is 0. The van der Waals surface area contributed by atoms with Gasteiger partial charge in [-0.1, -0.05) is 0 Å². The summed E-state index contributed by atoms with van der Waals surface area (Å²) in [5.41, 5.74) is 0. The van der Waals surface area contributed by atoms with E-state index in [1.54, 1.807) is 0 Å². The lowest BCUT2D eigenvalue weighted by atomic mass is 9.92. The predicted octanol–water partition coefficient (Wildman–Crippen LogP) is 1.17. The number of carboxylic acids is 1. The fraction of sp³-hybridized carbons (Fsp3) is 0.833. The Hall–Kier alpha value is -1.10. The lowest BCUT2D eigenvalue weighted by Gasteiger charge is -2.26. The number of nitrogens with one attached hydrogen (secondary N) is 1. The molecule has 1 heterocycles. The first kappa shape index (κ1) is 14.0. The van der Waals surface area contributed by atoms with Crippen LogP contribution in [0.25, 0.3) is 0 Å². The van der Waals surface area contributed by atoms with Crippen LogP contribution in [-0.4, -0.2) is 36.2 Å². The number of hydrogen-bond acceptors (Lipinski definition) is 3. The molecule has 0 aromatic rings. The van der Waals surface area contributed by atoms with Crippen LogP contribution in [0.3, 0.4) is 0 Å². The molecule has 0 aromatic heterocycles. The molecule has 5 nitrogen and oxygen atoms in total. The van der Waals surface area contributed by atoms with E-state index in [2.05, 4.69) is 5.32 Å². The van der Waals surface area contributed by atoms with E-state index in [9.17, 15) is 9.59 Å². The zero-order valence-electron chi connectivity index (χ0n) is 10.3. The van der Waals surface area contributed by atoms with Crippen molar-refractivity contribution in [2.45, 2.75) is 45.1 Å². The highest BCUT2D eigenvalue weighted by Gasteiger charge is 2.20. The molecule has 0 bridgehead atoms. The minimum atomic E-state index is -0.819. The number of carbonyl (C=O) groups is 2. The molecule has 0 aliphatic carbocycles. The second-order valence-electron chi connectivity index (χ2n) is 4.65. The average molecular weight is 243 g/mol. The lowest BCUT2D eigenvalue weighted by Crippen LogP contribution is -2.36. The Morgan fingerprint density at radius 3 is 2.82 bits per heavy atom. The zero-order chi connectivity index (χ0) is 12.7. The molecule has 5 heteroatoms. The van der Waals surface area contributed by atoms with Gasteiger partial charge >= 0.3 is 5.97 Å². The van der Waals surface area contributed by atoms with Gasteiger partial charge in [-0.15, -0.1) is 0 Å². The zero-order valence-corrected chi connectivity index (χ0v) is 10.3. The Morgan fingerprint density at radius 1 is 1.53 bits per heavy atom. The highest BCUT2D eigenvalue weighted by atomic mass is 16.5. The van der Waals surface area contributed by atoms with Crippen molar-refractivity contribution in [3.63, 3.8) is 0 Å². The Bertz CT molecular complexity index is 261. The van der Waals surface area contributed by atoms with E-state index in [0.717, 1.165) is 32.5 Å². The molecular weight excluding hydrogens is 222 g/mol. The predicted molar refractivity (Wildman–Crippen MR) is 62.6 cm³/mol. The highest BCUT2D eigenvalue weighted by molar-refractivity contribution is 5.73. The summed E-state index contributed by atoms with van der Waals surface area (Å²) < 4.78 is 5.38. The number of rotatable bonds is 6. The minimum Gasteiger partial charge on any atom is -0.481 e. The first-order chi connectivity index (χ1) is 8.08. The van der Waals surface area contributed by atoms with Gasteiger partial charge in [-0.05, 0) is 31.6 Å². The van der Waals surface area contributed by atoms with E-state index in [1.165, 1.54) is 6.92 Å². The first-order valence-corrected chi connectivity index (χ1v) is 6.14. The summed E-state index contributed by atoms with van der Waals surface area (Å²) in [4.78, 5) is 21.6. The van der Waals surface area contributed by atoms with Crippen LogP contribution in [0.1, 0.15) is 39.0 Å². The van der Waals surface area contributed by atoms with Crippen molar-refractivity contribution in [3.8, 4) is 0 Å². The van der Waals surface area contributed by atoms with Crippen LogP contribution >= 0.6 is 0 Å². The van der Waals surface area contributed by atoms with E-state index < -0.39 is 5.97 Å². The molecule has 1 saturated heterocycles. The van der Waals surface area contributed by atoms with Crippen LogP contribution in [0.15, 0.2) is 0 Å². The summed E-state index contributed by atoms with van der Waals surface area (Å²) >= 11 is 0. The first-order valence-electron chi connectivity index (χ1n) is 6.14. The van der Waals surface area contributed by atoms with Gasteiger partial charge in [-0.25, -0.2) is 0 Å². The van der Waals surface area contributed by atoms with Crippen molar-refractivity contribution in [1.29, 1.82) is 0 Å². The van der Waals surface area contributed by atoms with Gasteiger partial charge in [0.25, 0.3) is 0 Å². The molecule has 0 spiro atoms. The lowest BCUT2D eigenvalue weighted by molar-refractivity contribution is -0.137. The van der Waals surface area contributed by atoms with Crippen LogP contribution in [0.4, 0.5) is 0 Å². The number of carbonyl (C=O) groups excluding carboxylic acids is 1. The standard InChI is InChI=1S/C12H21NO4/c1-9(14)13-11(4-5-12(15)16)7-10-3-2-6-17-8-10/h10-11H,2-8H2,1H3,(H,13,14)(H,15,16). The van der Waals surface area contributed by atoms with Gasteiger partial charge in [0.2, 0.25) is 5.91 Å². The van der Waals surface area contributed by atoms with Gasteiger partial charge in [0.15, 0.2) is 0 Å². The smallest absolute Gasteiger partial charge is 0.303 e. The van der Waals surface area contributed by atoms with Crippen molar-refractivity contribution in [2.24, 2.45) is 5.92 Å². The molecule has 98 valence electrons. The largest absolute Gasteiger partial charge is 0.481 e. The summed E-state index contributed by atoms with van der Waals surface area (Å²) in [6, 6.07) is -0.0460. The summed E-state index contributed by atoms with van der Waals surface area (Å²) in [5.74, 6) is -0.480. The molecule has 0 saturated carbocycles. The molecule has 2 N–H and O–H groups in total. The van der Waals surface area contributed by atoms with Crippen LogP contribution in [0.5, 0.6) is 0 Å².